The minimum absolute atomic E-state index is 0.183. The molecule has 0 amide bonds. The molecular weight excluding hydrogens is 226 g/mol. The van der Waals surface area contributed by atoms with E-state index in [1.54, 1.807) is 12.1 Å². The Morgan fingerprint density at radius 1 is 1.44 bits per heavy atom. The highest BCUT2D eigenvalue weighted by molar-refractivity contribution is 5.75. The molecule has 0 radical (unpaired) electrons. The normalized spacial score (nSPS) is 10.8. The number of carbonyl (C=O) groups is 1. The van der Waals surface area contributed by atoms with Crippen LogP contribution in [-0.4, -0.2) is 11.6 Å². The molecule has 0 heterocycles. The van der Waals surface area contributed by atoms with Crippen molar-refractivity contribution in [2.24, 2.45) is 0 Å². The van der Waals surface area contributed by atoms with Gasteiger partial charge in [0.2, 0.25) is 0 Å². The van der Waals surface area contributed by atoms with Crippen molar-refractivity contribution in [1.82, 2.24) is 0 Å². The van der Waals surface area contributed by atoms with Crippen LogP contribution in [0, 0.1) is 19.3 Å². The molecule has 3 nitrogen and oxygen atoms in total. The number of ether oxygens (including phenoxy) is 1. The highest BCUT2D eigenvalue weighted by atomic mass is 16.6. The van der Waals surface area contributed by atoms with Gasteiger partial charge in [0.05, 0.1) is 6.42 Å². The van der Waals surface area contributed by atoms with Gasteiger partial charge in [0.1, 0.15) is 5.60 Å². The third kappa shape index (κ3) is 3.81. The molecule has 0 fully saturated rings. The van der Waals surface area contributed by atoms with E-state index in [2.05, 4.69) is 5.92 Å². The number of benzene rings is 1. The van der Waals surface area contributed by atoms with Gasteiger partial charge in [-0.15, -0.1) is 6.42 Å². The van der Waals surface area contributed by atoms with Gasteiger partial charge in [0.15, 0.2) is 0 Å². The number of hydrogen-bond acceptors (Lipinski definition) is 3. The molecule has 0 saturated heterocycles. The van der Waals surface area contributed by atoms with Crippen LogP contribution in [-0.2, 0) is 16.0 Å². The average molecular weight is 245 g/mol. The number of nitrogens with two attached hydrogens (primary N) is 1. The Hall–Kier alpha value is -1.95. The molecule has 1 aromatic carbocycles. The first kappa shape index (κ1) is 14.1. The van der Waals surface area contributed by atoms with Crippen molar-refractivity contribution in [2.45, 2.75) is 39.7 Å². The quantitative estimate of drug-likeness (QED) is 0.494. The fourth-order valence-corrected chi connectivity index (χ4v) is 1.60. The van der Waals surface area contributed by atoms with E-state index in [0.29, 0.717) is 11.3 Å². The van der Waals surface area contributed by atoms with E-state index in [1.807, 2.05) is 27.7 Å². The summed E-state index contributed by atoms with van der Waals surface area (Å²) in [4.78, 5) is 11.8. The monoisotopic (exact) mass is 245 g/mol. The zero-order chi connectivity index (χ0) is 13.9. The molecule has 0 aliphatic heterocycles. The van der Waals surface area contributed by atoms with Crippen molar-refractivity contribution in [2.75, 3.05) is 5.73 Å². The van der Waals surface area contributed by atoms with Crippen LogP contribution in [0.25, 0.3) is 0 Å². The molecule has 0 spiro atoms. The van der Waals surface area contributed by atoms with E-state index in [1.165, 1.54) is 0 Å². The molecule has 2 N–H and O–H groups in total. The minimum Gasteiger partial charge on any atom is -0.460 e. The van der Waals surface area contributed by atoms with Crippen LogP contribution in [0.5, 0.6) is 0 Å². The zero-order valence-electron chi connectivity index (χ0n) is 11.3. The second-order valence-corrected chi connectivity index (χ2v) is 5.26. The third-order valence-corrected chi connectivity index (χ3v) is 2.48. The lowest BCUT2D eigenvalue weighted by Crippen LogP contribution is -2.25. The van der Waals surface area contributed by atoms with Crippen molar-refractivity contribution in [3.05, 3.63) is 28.8 Å². The van der Waals surface area contributed by atoms with Gasteiger partial charge in [-0.3, -0.25) is 4.79 Å². The Morgan fingerprint density at radius 2 is 2.06 bits per heavy atom. The molecule has 0 aliphatic carbocycles. The first-order valence-electron chi connectivity index (χ1n) is 5.80. The summed E-state index contributed by atoms with van der Waals surface area (Å²) in [6.07, 6.45) is 5.53. The number of esters is 1. The SMILES string of the molecule is C#Cc1cc(N)c(C)c(CC(=O)OC(C)(C)C)c1. The fraction of sp³-hybridized carbons (Fsp3) is 0.400. The summed E-state index contributed by atoms with van der Waals surface area (Å²) >= 11 is 0. The lowest BCUT2D eigenvalue weighted by atomic mass is 10.0. The molecule has 1 aromatic rings. The van der Waals surface area contributed by atoms with Gasteiger partial charge < -0.3 is 10.5 Å². The predicted octanol–water partition coefficient (Wildman–Crippen LogP) is 2.44. The molecule has 0 aromatic heterocycles. The summed E-state index contributed by atoms with van der Waals surface area (Å²) in [7, 11) is 0. The maximum Gasteiger partial charge on any atom is 0.310 e. The van der Waals surface area contributed by atoms with Crippen LogP contribution in [0.2, 0.25) is 0 Å². The van der Waals surface area contributed by atoms with Gasteiger partial charge in [0, 0.05) is 11.3 Å². The lowest BCUT2D eigenvalue weighted by Gasteiger charge is -2.20. The first-order valence-corrected chi connectivity index (χ1v) is 5.80. The van der Waals surface area contributed by atoms with E-state index in [0.717, 1.165) is 11.1 Å². The molecule has 0 aliphatic rings. The first-order chi connectivity index (χ1) is 8.23. The maximum atomic E-state index is 11.8. The number of terminal acetylenes is 1. The number of anilines is 1. The molecule has 0 saturated carbocycles. The van der Waals surface area contributed by atoms with E-state index in [4.69, 9.17) is 16.9 Å². The third-order valence-electron chi connectivity index (χ3n) is 2.48. The Bertz CT molecular complexity index is 504. The van der Waals surface area contributed by atoms with Crippen molar-refractivity contribution >= 4 is 11.7 Å². The van der Waals surface area contributed by atoms with Gasteiger partial charge in [-0.25, -0.2) is 0 Å². The van der Waals surface area contributed by atoms with Crippen LogP contribution in [0.15, 0.2) is 12.1 Å². The van der Waals surface area contributed by atoms with Crippen LogP contribution in [0.4, 0.5) is 5.69 Å². The summed E-state index contributed by atoms with van der Waals surface area (Å²) in [6, 6.07) is 3.53. The topological polar surface area (TPSA) is 52.3 Å². The van der Waals surface area contributed by atoms with Gasteiger partial charge in [-0.2, -0.15) is 0 Å². The Balaban J connectivity index is 2.95. The maximum absolute atomic E-state index is 11.8. The molecule has 1 rings (SSSR count). The largest absolute Gasteiger partial charge is 0.460 e. The Morgan fingerprint density at radius 3 is 2.56 bits per heavy atom. The summed E-state index contributed by atoms with van der Waals surface area (Å²) < 4.78 is 5.28. The highest BCUT2D eigenvalue weighted by Crippen LogP contribution is 2.20. The lowest BCUT2D eigenvalue weighted by molar-refractivity contribution is -0.153. The standard InChI is InChI=1S/C15H19NO2/c1-6-11-7-12(10(2)13(16)8-11)9-14(17)18-15(3,4)5/h1,7-8H,9,16H2,2-5H3. The molecular formula is C15H19NO2. The fourth-order valence-electron chi connectivity index (χ4n) is 1.60. The molecule has 0 bridgehead atoms. The van der Waals surface area contributed by atoms with Crippen LogP contribution < -0.4 is 5.73 Å². The molecule has 18 heavy (non-hydrogen) atoms. The van der Waals surface area contributed by atoms with Crippen LogP contribution >= 0.6 is 0 Å². The van der Waals surface area contributed by atoms with Gasteiger partial charge >= 0.3 is 5.97 Å². The molecule has 3 heteroatoms. The molecule has 96 valence electrons. The van der Waals surface area contributed by atoms with Gasteiger partial charge in [-0.05, 0) is 51.0 Å². The van der Waals surface area contributed by atoms with Crippen molar-refractivity contribution in [3.8, 4) is 12.3 Å². The number of nitrogen functional groups attached to an aromatic ring is 1. The van der Waals surface area contributed by atoms with E-state index in [-0.39, 0.29) is 12.4 Å². The number of rotatable bonds is 2. The van der Waals surface area contributed by atoms with Gasteiger partial charge in [-0.1, -0.05) is 5.92 Å². The number of hydrogen-bond donors (Lipinski definition) is 1. The smallest absolute Gasteiger partial charge is 0.310 e. The zero-order valence-corrected chi connectivity index (χ0v) is 11.3. The minimum atomic E-state index is -0.486. The van der Waals surface area contributed by atoms with E-state index >= 15 is 0 Å². The Labute approximate surface area is 108 Å². The highest BCUT2D eigenvalue weighted by Gasteiger charge is 2.17. The summed E-state index contributed by atoms with van der Waals surface area (Å²) in [5.74, 6) is 2.25. The summed E-state index contributed by atoms with van der Waals surface area (Å²) in [6.45, 7) is 7.38. The predicted molar refractivity (Wildman–Crippen MR) is 73.1 cm³/mol. The van der Waals surface area contributed by atoms with E-state index in [9.17, 15) is 4.79 Å². The van der Waals surface area contributed by atoms with Crippen molar-refractivity contribution in [1.29, 1.82) is 0 Å². The van der Waals surface area contributed by atoms with Crippen molar-refractivity contribution < 1.29 is 9.53 Å². The van der Waals surface area contributed by atoms with Crippen LogP contribution in [0.1, 0.15) is 37.5 Å². The summed E-state index contributed by atoms with van der Waals surface area (Å²) in [5.41, 5.74) is 8.34. The van der Waals surface area contributed by atoms with E-state index < -0.39 is 5.60 Å². The van der Waals surface area contributed by atoms with Crippen molar-refractivity contribution in [3.63, 3.8) is 0 Å². The van der Waals surface area contributed by atoms with Gasteiger partial charge in [0.25, 0.3) is 0 Å². The molecule has 0 unspecified atom stereocenters. The average Bonchev–Trinajstić information content (AvgIpc) is 2.21. The second kappa shape index (κ2) is 5.14. The Kier molecular flexibility index (Phi) is 4.03. The molecule has 0 atom stereocenters. The summed E-state index contributed by atoms with van der Waals surface area (Å²) in [5, 5.41) is 0. The van der Waals surface area contributed by atoms with Crippen LogP contribution in [0.3, 0.4) is 0 Å². The number of carbonyl (C=O) groups excluding carboxylic acids is 1. The second-order valence-electron chi connectivity index (χ2n) is 5.26.